The normalized spacial score (nSPS) is 12.4. The summed E-state index contributed by atoms with van der Waals surface area (Å²) in [7, 11) is -3.05. The molecule has 0 radical (unpaired) electrons. The van der Waals surface area contributed by atoms with Crippen molar-refractivity contribution in [1.29, 1.82) is 0 Å². The molecule has 0 aromatic heterocycles. The van der Waals surface area contributed by atoms with E-state index in [-0.39, 0.29) is 23.9 Å². The van der Waals surface area contributed by atoms with Crippen LogP contribution in [0.4, 0.5) is 0 Å². The molecule has 3 N–H and O–H groups in total. The molecule has 0 spiro atoms. The lowest BCUT2D eigenvalue weighted by atomic mass is 10.1. The van der Waals surface area contributed by atoms with E-state index in [1.54, 1.807) is 12.1 Å². The van der Waals surface area contributed by atoms with Gasteiger partial charge < -0.3 is 15.7 Å². The van der Waals surface area contributed by atoms with Gasteiger partial charge in [0.25, 0.3) is 0 Å². The van der Waals surface area contributed by atoms with Gasteiger partial charge in [0.2, 0.25) is 0 Å². The Morgan fingerprint density at radius 2 is 1.86 bits per heavy atom. The zero-order chi connectivity index (χ0) is 16.0. The second-order valence-electron chi connectivity index (χ2n) is 4.92. The second kappa shape index (κ2) is 7.31. The molecule has 0 fully saturated rings. The first kappa shape index (κ1) is 17.3. The van der Waals surface area contributed by atoms with Gasteiger partial charge in [0.05, 0.1) is 11.5 Å². The maximum Gasteiger partial charge on any atom is 0.170 e. The average Bonchev–Trinajstić information content (AvgIpc) is 2.40. The SMILES string of the molecule is CCCS(=O)(=O)CCOc1c(C)cc(C(N)=NO)cc1C. The molecule has 0 amide bonds. The number of hydrogen-bond acceptors (Lipinski definition) is 5. The van der Waals surface area contributed by atoms with E-state index in [9.17, 15) is 8.42 Å². The lowest BCUT2D eigenvalue weighted by Crippen LogP contribution is -2.18. The van der Waals surface area contributed by atoms with Crippen molar-refractivity contribution in [2.24, 2.45) is 10.9 Å². The number of hydrogen-bond donors (Lipinski definition) is 2. The molecule has 0 aliphatic rings. The molecule has 7 heteroatoms. The first-order valence-corrected chi connectivity index (χ1v) is 8.55. The van der Waals surface area contributed by atoms with Crippen molar-refractivity contribution in [3.8, 4) is 5.75 Å². The summed E-state index contributed by atoms with van der Waals surface area (Å²) in [5.41, 5.74) is 7.77. The quantitative estimate of drug-likeness (QED) is 0.344. The lowest BCUT2D eigenvalue weighted by molar-refractivity contribution is 0.318. The highest BCUT2D eigenvalue weighted by molar-refractivity contribution is 7.91. The molecule has 0 aliphatic heterocycles. The highest BCUT2D eigenvalue weighted by atomic mass is 32.2. The van der Waals surface area contributed by atoms with Crippen LogP contribution in [0.2, 0.25) is 0 Å². The van der Waals surface area contributed by atoms with E-state index in [1.807, 2.05) is 20.8 Å². The monoisotopic (exact) mass is 314 g/mol. The summed E-state index contributed by atoms with van der Waals surface area (Å²) in [5.74, 6) is 0.841. The van der Waals surface area contributed by atoms with E-state index >= 15 is 0 Å². The molecule has 0 aliphatic carbocycles. The van der Waals surface area contributed by atoms with E-state index in [0.717, 1.165) is 11.1 Å². The number of sulfone groups is 1. The molecule has 0 saturated carbocycles. The molecule has 21 heavy (non-hydrogen) atoms. The van der Waals surface area contributed by atoms with Crippen LogP contribution in [0.15, 0.2) is 17.3 Å². The Kier molecular flexibility index (Phi) is 6.02. The number of aryl methyl sites for hydroxylation is 2. The molecule has 1 rings (SSSR count). The Hall–Kier alpha value is -1.76. The number of ether oxygens (including phenoxy) is 1. The van der Waals surface area contributed by atoms with Gasteiger partial charge in [-0.05, 0) is 43.5 Å². The first-order valence-electron chi connectivity index (χ1n) is 6.73. The molecule has 1 aromatic carbocycles. The zero-order valence-corrected chi connectivity index (χ0v) is 13.4. The van der Waals surface area contributed by atoms with Gasteiger partial charge in [-0.2, -0.15) is 0 Å². The van der Waals surface area contributed by atoms with Gasteiger partial charge in [-0.25, -0.2) is 8.42 Å². The van der Waals surface area contributed by atoms with Gasteiger partial charge in [0.1, 0.15) is 12.4 Å². The minimum Gasteiger partial charge on any atom is -0.492 e. The van der Waals surface area contributed by atoms with Gasteiger partial charge in [-0.15, -0.1) is 0 Å². The van der Waals surface area contributed by atoms with E-state index in [1.165, 1.54) is 0 Å². The number of amidine groups is 1. The highest BCUT2D eigenvalue weighted by Gasteiger charge is 2.12. The molecule has 0 unspecified atom stereocenters. The first-order chi connectivity index (χ1) is 9.80. The third-order valence-electron chi connectivity index (χ3n) is 3.02. The summed E-state index contributed by atoms with van der Waals surface area (Å²) in [6, 6.07) is 3.47. The van der Waals surface area contributed by atoms with Crippen molar-refractivity contribution < 1.29 is 18.4 Å². The van der Waals surface area contributed by atoms with Crippen molar-refractivity contribution in [3.63, 3.8) is 0 Å². The van der Waals surface area contributed by atoms with Crippen LogP contribution in [0, 0.1) is 13.8 Å². The van der Waals surface area contributed by atoms with Crippen LogP contribution in [0.25, 0.3) is 0 Å². The average molecular weight is 314 g/mol. The lowest BCUT2D eigenvalue weighted by Gasteiger charge is -2.14. The summed E-state index contributed by atoms with van der Waals surface area (Å²) in [5, 5.41) is 11.6. The predicted molar refractivity (Wildman–Crippen MR) is 82.9 cm³/mol. The molecule has 0 bridgehead atoms. The van der Waals surface area contributed by atoms with Crippen LogP contribution in [0.5, 0.6) is 5.75 Å². The summed E-state index contributed by atoms with van der Waals surface area (Å²) >= 11 is 0. The Labute approximate surface area is 125 Å². The molecular formula is C14H22N2O4S. The van der Waals surface area contributed by atoms with E-state index in [4.69, 9.17) is 15.7 Å². The molecule has 0 atom stereocenters. The van der Waals surface area contributed by atoms with Crippen molar-refractivity contribution in [2.45, 2.75) is 27.2 Å². The summed E-state index contributed by atoms with van der Waals surface area (Å²) in [6.45, 7) is 5.61. The Bertz CT molecular complexity index is 601. The van der Waals surface area contributed by atoms with Gasteiger partial charge >= 0.3 is 0 Å². The molecule has 0 heterocycles. The van der Waals surface area contributed by atoms with Crippen molar-refractivity contribution in [1.82, 2.24) is 0 Å². The minimum atomic E-state index is -3.05. The predicted octanol–water partition coefficient (Wildman–Crippen LogP) is 1.60. The molecular weight excluding hydrogens is 292 g/mol. The number of rotatable bonds is 7. The fraction of sp³-hybridized carbons (Fsp3) is 0.500. The van der Waals surface area contributed by atoms with Crippen LogP contribution < -0.4 is 10.5 Å². The topological polar surface area (TPSA) is 102 Å². The maximum absolute atomic E-state index is 11.6. The van der Waals surface area contributed by atoms with Crippen molar-refractivity contribution >= 4 is 15.7 Å². The fourth-order valence-corrected chi connectivity index (χ4v) is 3.23. The molecule has 0 saturated heterocycles. The number of oxime groups is 1. The van der Waals surface area contributed by atoms with Crippen LogP contribution in [-0.2, 0) is 9.84 Å². The maximum atomic E-state index is 11.6. The van der Waals surface area contributed by atoms with Crippen LogP contribution >= 0.6 is 0 Å². The number of benzene rings is 1. The van der Waals surface area contributed by atoms with E-state index < -0.39 is 9.84 Å². The zero-order valence-electron chi connectivity index (χ0n) is 12.6. The fourth-order valence-electron chi connectivity index (χ4n) is 2.07. The summed E-state index contributed by atoms with van der Waals surface area (Å²) in [4.78, 5) is 0. The number of nitrogens with two attached hydrogens (primary N) is 1. The van der Waals surface area contributed by atoms with Gasteiger partial charge in [-0.3, -0.25) is 0 Å². The molecule has 1 aromatic rings. The third kappa shape index (κ3) is 4.93. The minimum absolute atomic E-state index is 0.00170. The Balaban J connectivity index is 2.82. The number of nitrogens with zero attached hydrogens (tertiary/aromatic N) is 1. The van der Waals surface area contributed by atoms with E-state index in [0.29, 0.717) is 17.7 Å². The van der Waals surface area contributed by atoms with Crippen LogP contribution in [0.1, 0.15) is 30.0 Å². The summed E-state index contributed by atoms with van der Waals surface area (Å²) < 4.78 is 28.9. The van der Waals surface area contributed by atoms with Crippen molar-refractivity contribution in [3.05, 3.63) is 28.8 Å². The largest absolute Gasteiger partial charge is 0.492 e. The Morgan fingerprint density at radius 1 is 1.29 bits per heavy atom. The van der Waals surface area contributed by atoms with E-state index in [2.05, 4.69) is 5.16 Å². The molecule has 118 valence electrons. The van der Waals surface area contributed by atoms with Gasteiger partial charge in [0.15, 0.2) is 15.7 Å². The van der Waals surface area contributed by atoms with Crippen molar-refractivity contribution in [2.75, 3.05) is 18.1 Å². The molecule has 6 nitrogen and oxygen atoms in total. The second-order valence-corrected chi connectivity index (χ2v) is 7.23. The van der Waals surface area contributed by atoms with Gasteiger partial charge in [-0.1, -0.05) is 12.1 Å². The third-order valence-corrected chi connectivity index (χ3v) is 4.84. The van der Waals surface area contributed by atoms with Crippen LogP contribution in [0.3, 0.4) is 0 Å². The smallest absolute Gasteiger partial charge is 0.170 e. The summed E-state index contributed by atoms with van der Waals surface area (Å²) in [6.07, 6.45) is 0.606. The standard InChI is InChI=1S/C14H22N2O4S/c1-4-6-21(18,19)7-5-20-13-10(2)8-12(9-11(13)3)14(15)16-17/h8-9,17H,4-7H2,1-3H3,(H2,15,16). The Morgan fingerprint density at radius 3 is 2.33 bits per heavy atom. The highest BCUT2D eigenvalue weighted by Crippen LogP contribution is 2.24. The van der Waals surface area contributed by atoms with Crippen LogP contribution in [-0.4, -0.2) is 37.6 Å². The van der Waals surface area contributed by atoms with Gasteiger partial charge in [0, 0.05) is 5.56 Å².